The van der Waals surface area contributed by atoms with Gasteiger partial charge in [0.2, 0.25) is 0 Å². The van der Waals surface area contributed by atoms with Gasteiger partial charge in [-0.2, -0.15) is 0 Å². The molecular weight excluding hydrogens is 212 g/mol. The Hall–Kier alpha value is -1.28. The second-order valence-electron chi connectivity index (χ2n) is 5.42. The Balaban J connectivity index is 1.90. The number of fused-ring (bicyclic) bond motifs is 1. The maximum absolute atomic E-state index is 10.5. The van der Waals surface area contributed by atoms with Crippen LogP contribution in [0.4, 0.5) is 0 Å². The molecule has 1 atom stereocenters. The van der Waals surface area contributed by atoms with E-state index in [4.69, 9.17) is 4.42 Å². The van der Waals surface area contributed by atoms with E-state index in [1.165, 1.54) is 19.3 Å². The average Bonchev–Trinajstić information content (AvgIpc) is 2.68. The summed E-state index contributed by atoms with van der Waals surface area (Å²) in [5, 5.41) is 11.6. The lowest BCUT2D eigenvalue weighted by atomic mass is 9.77. The van der Waals surface area contributed by atoms with Crippen molar-refractivity contribution in [3.8, 4) is 0 Å². The normalized spacial score (nSPS) is 20.1. The third-order valence-corrected chi connectivity index (χ3v) is 3.87. The van der Waals surface area contributed by atoms with Crippen molar-refractivity contribution in [2.45, 2.75) is 38.2 Å². The number of para-hydroxylation sites is 1. The lowest BCUT2D eigenvalue weighted by molar-refractivity contribution is -0.00146. The van der Waals surface area contributed by atoms with Gasteiger partial charge in [-0.05, 0) is 31.4 Å². The van der Waals surface area contributed by atoms with E-state index in [1.807, 2.05) is 37.3 Å². The van der Waals surface area contributed by atoms with Crippen LogP contribution in [0.25, 0.3) is 11.0 Å². The first-order valence-electron chi connectivity index (χ1n) is 6.36. The third kappa shape index (κ3) is 1.98. The molecule has 1 aromatic carbocycles. The molecule has 0 bridgehead atoms. The van der Waals surface area contributed by atoms with Gasteiger partial charge < -0.3 is 9.52 Å². The topological polar surface area (TPSA) is 33.4 Å². The fourth-order valence-electron chi connectivity index (χ4n) is 2.61. The predicted molar refractivity (Wildman–Crippen MR) is 67.7 cm³/mol. The fourth-order valence-corrected chi connectivity index (χ4v) is 2.61. The zero-order chi connectivity index (χ0) is 11.9. The standard InChI is InChI=1S/C15H18O2/c1-15(16,10-11-5-4-6-11)14-9-12-7-2-3-8-13(12)17-14/h2-3,7-9,11,16H,4-6,10H2,1H3. The first-order chi connectivity index (χ1) is 8.15. The number of benzene rings is 1. The molecule has 0 radical (unpaired) electrons. The molecule has 90 valence electrons. The molecule has 3 rings (SSSR count). The summed E-state index contributed by atoms with van der Waals surface area (Å²) >= 11 is 0. The van der Waals surface area contributed by atoms with Crippen molar-refractivity contribution in [3.63, 3.8) is 0 Å². The van der Waals surface area contributed by atoms with Crippen LogP contribution in [-0.2, 0) is 5.60 Å². The molecule has 17 heavy (non-hydrogen) atoms. The van der Waals surface area contributed by atoms with Crippen molar-refractivity contribution in [2.75, 3.05) is 0 Å². The number of aliphatic hydroxyl groups is 1. The second kappa shape index (κ2) is 3.88. The molecular formula is C15H18O2. The number of hydrogen-bond acceptors (Lipinski definition) is 2. The van der Waals surface area contributed by atoms with E-state index in [0.29, 0.717) is 11.7 Å². The second-order valence-corrected chi connectivity index (χ2v) is 5.42. The molecule has 1 aliphatic rings. The summed E-state index contributed by atoms with van der Waals surface area (Å²) in [7, 11) is 0. The SMILES string of the molecule is CC(O)(CC1CCC1)c1cc2ccccc2o1. The van der Waals surface area contributed by atoms with E-state index in [2.05, 4.69) is 0 Å². The summed E-state index contributed by atoms with van der Waals surface area (Å²) in [5.41, 5.74) is 0.0285. The number of rotatable bonds is 3. The van der Waals surface area contributed by atoms with Crippen LogP contribution in [0.15, 0.2) is 34.7 Å². The van der Waals surface area contributed by atoms with Crippen LogP contribution < -0.4 is 0 Å². The Bertz CT molecular complexity index is 487. The van der Waals surface area contributed by atoms with E-state index in [0.717, 1.165) is 17.4 Å². The van der Waals surface area contributed by atoms with Crippen LogP contribution in [0, 0.1) is 5.92 Å². The summed E-state index contributed by atoms with van der Waals surface area (Å²) in [5.74, 6) is 1.36. The van der Waals surface area contributed by atoms with Crippen molar-refractivity contribution >= 4 is 11.0 Å². The highest BCUT2D eigenvalue weighted by atomic mass is 16.4. The minimum absolute atomic E-state index is 0.665. The molecule has 2 aromatic rings. The Kier molecular flexibility index (Phi) is 2.48. The van der Waals surface area contributed by atoms with Gasteiger partial charge in [-0.1, -0.05) is 37.5 Å². The zero-order valence-corrected chi connectivity index (χ0v) is 10.1. The van der Waals surface area contributed by atoms with E-state index < -0.39 is 5.60 Å². The van der Waals surface area contributed by atoms with Gasteiger partial charge in [-0.15, -0.1) is 0 Å². The van der Waals surface area contributed by atoms with Gasteiger partial charge in [0.15, 0.2) is 0 Å². The third-order valence-electron chi connectivity index (χ3n) is 3.87. The molecule has 2 heteroatoms. The summed E-state index contributed by atoms with van der Waals surface area (Å²) in [6, 6.07) is 9.87. The first kappa shape index (κ1) is 10.8. The predicted octanol–water partition coefficient (Wildman–Crippen LogP) is 3.83. The van der Waals surface area contributed by atoms with Gasteiger partial charge in [-0.3, -0.25) is 0 Å². The number of hydrogen-bond donors (Lipinski definition) is 1. The summed E-state index contributed by atoms with van der Waals surface area (Å²) < 4.78 is 5.75. The van der Waals surface area contributed by atoms with Crippen LogP contribution >= 0.6 is 0 Å². The average molecular weight is 230 g/mol. The Labute approximate surface area is 101 Å². The first-order valence-corrected chi connectivity index (χ1v) is 6.36. The maximum Gasteiger partial charge on any atom is 0.136 e. The summed E-state index contributed by atoms with van der Waals surface area (Å²) in [6.07, 6.45) is 4.61. The van der Waals surface area contributed by atoms with Crippen LogP contribution in [0.5, 0.6) is 0 Å². The highest BCUT2D eigenvalue weighted by Crippen LogP contribution is 2.39. The van der Waals surface area contributed by atoms with Gasteiger partial charge in [0, 0.05) is 5.39 Å². The molecule has 1 N–H and O–H groups in total. The van der Waals surface area contributed by atoms with Crippen molar-refractivity contribution in [1.29, 1.82) is 0 Å². The molecule has 1 fully saturated rings. The molecule has 0 aliphatic heterocycles. The Morgan fingerprint density at radius 3 is 2.76 bits per heavy atom. The van der Waals surface area contributed by atoms with Crippen molar-refractivity contribution in [3.05, 3.63) is 36.1 Å². The fraction of sp³-hybridized carbons (Fsp3) is 0.467. The Morgan fingerprint density at radius 1 is 1.35 bits per heavy atom. The Morgan fingerprint density at radius 2 is 2.12 bits per heavy atom. The van der Waals surface area contributed by atoms with Gasteiger partial charge in [0.1, 0.15) is 16.9 Å². The molecule has 1 aliphatic carbocycles. The minimum Gasteiger partial charge on any atom is -0.458 e. The summed E-state index contributed by atoms with van der Waals surface area (Å²) in [6.45, 7) is 1.86. The quantitative estimate of drug-likeness (QED) is 0.869. The van der Waals surface area contributed by atoms with Crippen molar-refractivity contribution in [2.24, 2.45) is 5.92 Å². The van der Waals surface area contributed by atoms with Crippen LogP contribution in [-0.4, -0.2) is 5.11 Å². The molecule has 2 nitrogen and oxygen atoms in total. The van der Waals surface area contributed by atoms with Crippen molar-refractivity contribution in [1.82, 2.24) is 0 Å². The monoisotopic (exact) mass is 230 g/mol. The lowest BCUT2D eigenvalue weighted by Crippen LogP contribution is -2.27. The molecule has 1 saturated carbocycles. The summed E-state index contributed by atoms with van der Waals surface area (Å²) in [4.78, 5) is 0. The number of furan rings is 1. The molecule has 1 unspecified atom stereocenters. The van der Waals surface area contributed by atoms with Crippen LogP contribution in [0.3, 0.4) is 0 Å². The van der Waals surface area contributed by atoms with Crippen LogP contribution in [0.2, 0.25) is 0 Å². The van der Waals surface area contributed by atoms with E-state index in [1.54, 1.807) is 0 Å². The lowest BCUT2D eigenvalue weighted by Gasteiger charge is -2.32. The molecule has 0 amide bonds. The molecule has 0 saturated heterocycles. The van der Waals surface area contributed by atoms with Gasteiger partial charge in [-0.25, -0.2) is 0 Å². The van der Waals surface area contributed by atoms with E-state index in [9.17, 15) is 5.11 Å². The van der Waals surface area contributed by atoms with E-state index >= 15 is 0 Å². The van der Waals surface area contributed by atoms with Gasteiger partial charge >= 0.3 is 0 Å². The van der Waals surface area contributed by atoms with Crippen LogP contribution in [0.1, 0.15) is 38.4 Å². The maximum atomic E-state index is 10.5. The zero-order valence-electron chi connectivity index (χ0n) is 10.1. The largest absolute Gasteiger partial charge is 0.458 e. The smallest absolute Gasteiger partial charge is 0.136 e. The molecule has 1 heterocycles. The van der Waals surface area contributed by atoms with E-state index in [-0.39, 0.29) is 0 Å². The highest BCUT2D eigenvalue weighted by Gasteiger charge is 2.33. The molecule has 1 aromatic heterocycles. The minimum atomic E-state index is -0.829. The van der Waals surface area contributed by atoms with Gasteiger partial charge in [0.25, 0.3) is 0 Å². The van der Waals surface area contributed by atoms with Gasteiger partial charge in [0.05, 0.1) is 0 Å². The molecule has 0 spiro atoms. The van der Waals surface area contributed by atoms with Crippen molar-refractivity contribution < 1.29 is 9.52 Å². The highest BCUT2D eigenvalue weighted by molar-refractivity contribution is 5.77.